The molecule has 2 aromatic carbocycles. The van der Waals surface area contributed by atoms with Gasteiger partial charge in [0.1, 0.15) is 12.2 Å². The van der Waals surface area contributed by atoms with Gasteiger partial charge in [0.2, 0.25) is 5.91 Å². The minimum absolute atomic E-state index is 0.115. The minimum Gasteiger partial charge on any atom is -0.365 e. The van der Waals surface area contributed by atoms with Crippen LogP contribution in [0.3, 0.4) is 0 Å². The lowest BCUT2D eigenvalue weighted by Crippen LogP contribution is -2.41. The zero-order valence-corrected chi connectivity index (χ0v) is 19.5. The van der Waals surface area contributed by atoms with Gasteiger partial charge in [0.25, 0.3) is 0 Å². The lowest BCUT2D eigenvalue weighted by molar-refractivity contribution is -0.129. The van der Waals surface area contributed by atoms with Gasteiger partial charge in [0.15, 0.2) is 17.0 Å². The second-order valence-electron chi connectivity index (χ2n) is 8.05. The van der Waals surface area contributed by atoms with Gasteiger partial charge in [-0.25, -0.2) is 15.0 Å². The van der Waals surface area contributed by atoms with Crippen LogP contribution in [0.5, 0.6) is 0 Å². The molecule has 0 unspecified atom stereocenters. The number of likely N-dealkylation sites (tertiary alicyclic amines) is 1. The minimum atomic E-state index is 0.115. The standard InChI is InChI=1S/C24H22Cl2N6O/c1-15(33)31-12-10-17(11-13-31)29-22-21-24(28-14-27-22)32(18-8-6-16(25)7-9-18)23(30-21)19-4-2-3-5-20(19)26/h2-9,14,17H,10-13H2,1H3,(H,27,28,29). The number of carbonyl (C=O) groups is 1. The van der Waals surface area contributed by atoms with Crippen molar-refractivity contribution in [1.82, 2.24) is 24.4 Å². The van der Waals surface area contributed by atoms with Crippen molar-refractivity contribution in [3.05, 3.63) is 64.9 Å². The van der Waals surface area contributed by atoms with E-state index in [0.717, 1.165) is 37.2 Å². The van der Waals surface area contributed by atoms with Crippen LogP contribution in [0.1, 0.15) is 19.8 Å². The van der Waals surface area contributed by atoms with Crippen LogP contribution in [0.2, 0.25) is 10.0 Å². The zero-order valence-electron chi connectivity index (χ0n) is 18.0. The van der Waals surface area contributed by atoms with Crippen molar-refractivity contribution in [3.8, 4) is 17.1 Å². The van der Waals surface area contributed by atoms with E-state index >= 15 is 0 Å². The molecule has 7 nitrogen and oxygen atoms in total. The predicted octanol–water partition coefficient (Wildman–Crippen LogP) is 5.21. The molecule has 1 saturated heterocycles. The Morgan fingerprint density at radius 1 is 1.03 bits per heavy atom. The summed E-state index contributed by atoms with van der Waals surface area (Å²) < 4.78 is 1.97. The van der Waals surface area contributed by atoms with Crippen molar-refractivity contribution in [1.29, 1.82) is 0 Å². The monoisotopic (exact) mass is 480 g/mol. The molecule has 0 radical (unpaired) electrons. The van der Waals surface area contributed by atoms with E-state index in [0.29, 0.717) is 32.9 Å². The lowest BCUT2D eigenvalue weighted by atomic mass is 10.1. The highest BCUT2D eigenvalue weighted by Gasteiger charge is 2.24. The van der Waals surface area contributed by atoms with Crippen LogP contribution in [0, 0.1) is 0 Å². The maximum Gasteiger partial charge on any atom is 0.219 e. The number of nitrogens with one attached hydrogen (secondary N) is 1. The second kappa shape index (κ2) is 9.00. The summed E-state index contributed by atoms with van der Waals surface area (Å²) >= 11 is 12.7. The molecule has 0 bridgehead atoms. The lowest BCUT2D eigenvalue weighted by Gasteiger charge is -2.31. The van der Waals surface area contributed by atoms with Crippen molar-refractivity contribution in [2.45, 2.75) is 25.8 Å². The summed E-state index contributed by atoms with van der Waals surface area (Å²) in [5.41, 5.74) is 3.01. The van der Waals surface area contributed by atoms with Crippen LogP contribution in [-0.4, -0.2) is 49.5 Å². The Morgan fingerprint density at radius 2 is 1.76 bits per heavy atom. The van der Waals surface area contributed by atoms with Crippen LogP contribution in [0.25, 0.3) is 28.2 Å². The van der Waals surface area contributed by atoms with Gasteiger partial charge in [-0.15, -0.1) is 0 Å². The Kier molecular flexibility index (Phi) is 5.91. The van der Waals surface area contributed by atoms with Crippen molar-refractivity contribution in [2.75, 3.05) is 18.4 Å². The summed E-state index contributed by atoms with van der Waals surface area (Å²) in [5.74, 6) is 1.46. The molecule has 168 valence electrons. The number of anilines is 1. The molecule has 0 atom stereocenters. The third-order valence-electron chi connectivity index (χ3n) is 5.92. The second-order valence-corrected chi connectivity index (χ2v) is 8.89. The van der Waals surface area contributed by atoms with E-state index in [-0.39, 0.29) is 11.9 Å². The molecule has 4 aromatic rings. The van der Waals surface area contributed by atoms with E-state index in [2.05, 4.69) is 15.3 Å². The van der Waals surface area contributed by atoms with E-state index in [9.17, 15) is 4.79 Å². The Labute approximate surface area is 201 Å². The molecule has 0 aliphatic carbocycles. The smallest absolute Gasteiger partial charge is 0.219 e. The van der Waals surface area contributed by atoms with Gasteiger partial charge in [-0.3, -0.25) is 9.36 Å². The molecule has 3 heterocycles. The van der Waals surface area contributed by atoms with Crippen molar-refractivity contribution in [3.63, 3.8) is 0 Å². The summed E-state index contributed by atoms with van der Waals surface area (Å²) in [6.45, 7) is 3.07. The number of halogens is 2. The number of piperidine rings is 1. The van der Waals surface area contributed by atoms with E-state index in [1.54, 1.807) is 13.3 Å². The van der Waals surface area contributed by atoms with Crippen molar-refractivity contribution in [2.24, 2.45) is 0 Å². The van der Waals surface area contributed by atoms with Crippen LogP contribution < -0.4 is 5.32 Å². The first-order valence-electron chi connectivity index (χ1n) is 10.8. The fourth-order valence-electron chi connectivity index (χ4n) is 4.19. The van der Waals surface area contributed by atoms with Gasteiger partial charge in [0, 0.05) is 42.3 Å². The largest absolute Gasteiger partial charge is 0.365 e. The average molecular weight is 481 g/mol. The highest BCUT2D eigenvalue weighted by atomic mass is 35.5. The third-order valence-corrected chi connectivity index (χ3v) is 6.51. The van der Waals surface area contributed by atoms with E-state index in [1.165, 1.54) is 0 Å². The van der Waals surface area contributed by atoms with E-state index < -0.39 is 0 Å². The molecule has 1 aliphatic heterocycles. The normalized spacial score (nSPS) is 14.6. The first-order valence-corrected chi connectivity index (χ1v) is 11.5. The van der Waals surface area contributed by atoms with Gasteiger partial charge in [-0.1, -0.05) is 35.3 Å². The van der Waals surface area contributed by atoms with Gasteiger partial charge < -0.3 is 10.2 Å². The number of fused-ring (bicyclic) bond motifs is 1. The summed E-state index contributed by atoms with van der Waals surface area (Å²) in [5, 5.41) is 4.78. The number of hydrogen-bond donors (Lipinski definition) is 1. The predicted molar refractivity (Wildman–Crippen MR) is 131 cm³/mol. The van der Waals surface area contributed by atoms with Crippen LogP contribution in [-0.2, 0) is 4.79 Å². The van der Waals surface area contributed by atoms with E-state index in [1.807, 2.05) is 58.0 Å². The average Bonchev–Trinajstić information content (AvgIpc) is 3.21. The summed E-state index contributed by atoms with van der Waals surface area (Å²) in [7, 11) is 0. The topological polar surface area (TPSA) is 75.9 Å². The SMILES string of the molecule is CC(=O)N1CCC(Nc2ncnc3c2nc(-c2ccccc2Cl)n3-c2ccc(Cl)cc2)CC1. The van der Waals surface area contributed by atoms with Crippen LogP contribution in [0.15, 0.2) is 54.9 Å². The number of imidazole rings is 1. The van der Waals surface area contributed by atoms with Gasteiger partial charge >= 0.3 is 0 Å². The molecule has 1 fully saturated rings. The molecule has 0 spiro atoms. The Hall–Kier alpha value is -3.16. The third kappa shape index (κ3) is 4.26. The van der Waals surface area contributed by atoms with Gasteiger partial charge in [-0.2, -0.15) is 0 Å². The fourth-order valence-corrected chi connectivity index (χ4v) is 4.53. The maximum atomic E-state index is 11.6. The number of hydrogen-bond acceptors (Lipinski definition) is 5. The molecular weight excluding hydrogens is 459 g/mol. The Morgan fingerprint density at radius 3 is 2.45 bits per heavy atom. The summed E-state index contributed by atoms with van der Waals surface area (Å²) in [4.78, 5) is 27.5. The molecular formula is C24H22Cl2N6O. The van der Waals surface area contributed by atoms with E-state index in [4.69, 9.17) is 28.2 Å². The maximum absolute atomic E-state index is 11.6. The molecule has 1 amide bonds. The summed E-state index contributed by atoms with van der Waals surface area (Å²) in [6, 6.07) is 15.3. The number of rotatable bonds is 4. The molecule has 1 N–H and O–H groups in total. The first kappa shape index (κ1) is 21.7. The van der Waals surface area contributed by atoms with Crippen molar-refractivity contribution >= 4 is 46.1 Å². The molecule has 1 aliphatic rings. The van der Waals surface area contributed by atoms with Gasteiger partial charge in [0.05, 0.1) is 5.02 Å². The number of aromatic nitrogens is 4. The first-order chi connectivity index (χ1) is 16.0. The Balaban J connectivity index is 1.59. The van der Waals surface area contributed by atoms with Gasteiger partial charge in [-0.05, 0) is 49.2 Å². The Bertz CT molecular complexity index is 1310. The number of benzene rings is 2. The fraction of sp³-hybridized carbons (Fsp3) is 0.250. The number of amides is 1. The zero-order chi connectivity index (χ0) is 22.9. The summed E-state index contributed by atoms with van der Waals surface area (Å²) in [6.07, 6.45) is 3.24. The van der Waals surface area contributed by atoms with Crippen molar-refractivity contribution < 1.29 is 4.79 Å². The molecule has 9 heteroatoms. The van der Waals surface area contributed by atoms with Crippen LogP contribution in [0.4, 0.5) is 5.82 Å². The quantitative estimate of drug-likeness (QED) is 0.433. The highest BCUT2D eigenvalue weighted by molar-refractivity contribution is 6.33. The highest BCUT2D eigenvalue weighted by Crippen LogP contribution is 2.34. The molecule has 0 saturated carbocycles. The molecule has 2 aromatic heterocycles. The number of nitrogens with zero attached hydrogens (tertiary/aromatic N) is 5. The number of carbonyl (C=O) groups excluding carboxylic acids is 1. The van der Waals surface area contributed by atoms with Crippen LogP contribution >= 0.6 is 23.2 Å². The molecule has 33 heavy (non-hydrogen) atoms. The molecule has 5 rings (SSSR count).